The molecule has 7 heteroatoms. The van der Waals surface area contributed by atoms with Crippen molar-refractivity contribution in [3.05, 3.63) is 123 Å². The summed E-state index contributed by atoms with van der Waals surface area (Å²) >= 11 is 8.16. The first kappa shape index (κ1) is 21.8. The molecule has 6 rings (SSSR count). The molecule has 0 radical (unpaired) electrons. The van der Waals surface area contributed by atoms with Gasteiger partial charge in [-0.2, -0.15) is 0 Å². The molecule has 1 atom stereocenters. The smallest absolute Gasteiger partial charge is 0.271 e. The highest BCUT2D eigenvalue weighted by atomic mass is 79.9. The van der Waals surface area contributed by atoms with Crippen molar-refractivity contribution in [2.24, 2.45) is 4.99 Å². The zero-order chi connectivity index (χ0) is 23.4. The van der Waals surface area contributed by atoms with Gasteiger partial charge >= 0.3 is 0 Å². The lowest BCUT2D eigenvalue weighted by Gasteiger charge is -2.30. The number of hydrogen-bond acceptors (Lipinski definition) is 4. The number of benzene rings is 3. The molecule has 0 unspecified atom stereocenters. The lowest BCUT2D eigenvalue weighted by Crippen LogP contribution is -2.38. The summed E-state index contributed by atoms with van der Waals surface area (Å²) in [6.45, 7) is 0. The lowest BCUT2D eigenvalue weighted by molar-refractivity contribution is 0.468. The van der Waals surface area contributed by atoms with Gasteiger partial charge in [0, 0.05) is 5.56 Å². The van der Waals surface area contributed by atoms with Crippen LogP contribution in [0.3, 0.4) is 0 Å². The van der Waals surface area contributed by atoms with E-state index in [0.29, 0.717) is 18.3 Å². The summed E-state index contributed by atoms with van der Waals surface area (Å²) in [6, 6.07) is 22.1. The van der Waals surface area contributed by atoms with E-state index in [9.17, 15) is 9.90 Å². The standard InChI is InChI=1S/C27H18Br2N2O2S/c28-20-12-15(13-21(29)25(20)32)14-22-26(33)31-24(17-7-2-1-3-8-17)19-11-10-16-6-4-5-9-18(16)23(19)30-27(31)34-22/h1-9,12-14,24,32H,10-11H2/b22-14-/t24-/m1/s1. The van der Waals surface area contributed by atoms with Crippen LogP contribution in [0.1, 0.15) is 34.7 Å². The van der Waals surface area contributed by atoms with Crippen LogP contribution in [0.2, 0.25) is 0 Å². The number of phenols is 1. The van der Waals surface area contributed by atoms with Crippen molar-refractivity contribution in [2.75, 3.05) is 0 Å². The van der Waals surface area contributed by atoms with E-state index in [1.807, 2.05) is 28.8 Å². The third-order valence-corrected chi connectivity index (χ3v) is 8.52. The minimum Gasteiger partial charge on any atom is -0.506 e. The van der Waals surface area contributed by atoms with Gasteiger partial charge < -0.3 is 5.11 Å². The monoisotopic (exact) mass is 592 g/mol. The molecular formula is C27H18Br2N2O2S. The molecule has 0 saturated carbocycles. The normalized spacial score (nSPS) is 17.1. The van der Waals surface area contributed by atoms with E-state index in [-0.39, 0.29) is 17.4 Å². The first-order valence-corrected chi connectivity index (χ1v) is 13.3. The van der Waals surface area contributed by atoms with Gasteiger partial charge in [0.05, 0.1) is 25.2 Å². The summed E-state index contributed by atoms with van der Waals surface area (Å²) in [5, 5.41) is 10.1. The van der Waals surface area contributed by atoms with Crippen LogP contribution in [0.25, 0.3) is 11.8 Å². The topological polar surface area (TPSA) is 54.6 Å². The number of thiazole rings is 1. The molecule has 3 aromatic carbocycles. The van der Waals surface area contributed by atoms with Crippen LogP contribution >= 0.6 is 43.2 Å². The van der Waals surface area contributed by atoms with Crippen LogP contribution in [0.15, 0.2) is 91.0 Å². The van der Waals surface area contributed by atoms with E-state index >= 15 is 0 Å². The van der Waals surface area contributed by atoms with E-state index in [1.165, 1.54) is 22.5 Å². The SMILES string of the molecule is O=c1/c(=C/c2cc(Br)c(O)c(Br)c2)sc2n1[C@H](c1ccccc1)C1=C(N=2)c2ccccc2CC1. The first-order chi connectivity index (χ1) is 16.5. The fourth-order valence-corrected chi connectivity index (χ4v) is 7.00. The number of rotatable bonds is 2. The van der Waals surface area contributed by atoms with Crippen molar-refractivity contribution in [1.82, 2.24) is 4.57 Å². The summed E-state index contributed by atoms with van der Waals surface area (Å²) in [5.41, 5.74) is 6.50. The highest BCUT2D eigenvalue weighted by molar-refractivity contribution is 9.11. The van der Waals surface area contributed by atoms with Crippen LogP contribution in [0.4, 0.5) is 0 Å². The van der Waals surface area contributed by atoms with Gasteiger partial charge in [-0.3, -0.25) is 9.36 Å². The number of allylic oxidation sites excluding steroid dienone is 1. The van der Waals surface area contributed by atoms with Crippen LogP contribution in [0, 0.1) is 0 Å². The molecule has 1 N–H and O–H groups in total. The van der Waals surface area contributed by atoms with Crippen LogP contribution in [-0.4, -0.2) is 9.67 Å². The zero-order valence-corrected chi connectivity index (χ0v) is 21.8. The Morgan fingerprint density at radius 1 is 1.00 bits per heavy atom. The number of halogens is 2. The molecule has 2 aliphatic rings. The molecule has 4 nitrogen and oxygen atoms in total. The van der Waals surface area contributed by atoms with Crippen LogP contribution < -0.4 is 14.9 Å². The number of aromatic hydroxyl groups is 1. The molecular weight excluding hydrogens is 576 g/mol. The van der Waals surface area contributed by atoms with E-state index in [1.54, 1.807) is 12.1 Å². The van der Waals surface area contributed by atoms with Crippen LogP contribution in [-0.2, 0) is 6.42 Å². The minimum absolute atomic E-state index is 0.0525. The molecule has 1 aliphatic carbocycles. The molecule has 0 saturated heterocycles. The van der Waals surface area contributed by atoms with Gasteiger partial charge in [-0.1, -0.05) is 65.9 Å². The Hall–Kier alpha value is -2.74. The summed E-state index contributed by atoms with van der Waals surface area (Å²) in [5.74, 6) is 0.133. The summed E-state index contributed by atoms with van der Waals surface area (Å²) in [4.78, 5) is 19.5. The molecule has 0 fully saturated rings. The van der Waals surface area contributed by atoms with Gasteiger partial charge in [0.2, 0.25) is 0 Å². The molecule has 1 aromatic heterocycles. The first-order valence-electron chi connectivity index (χ1n) is 10.9. The summed E-state index contributed by atoms with van der Waals surface area (Å²) in [7, 11) is 0. The zero-order valence-electron chi connectivity index (χ0n) is 17.8. The largest absolute Gasteiger partial charge is 0.506 e. The molecule has 34 heavy (non-hydrogen) atoms. The van der Waals surface area contributed by atoms with Crippen molar-refractivity contribution in [2.45, 2.75) is 18.9 Å². The third kappa shape index (κ3) is 3.54. The lowest BCUT2D eigenvalue weighted by atomic mass is 9.83. The molecule has 2 heterocycles. The van der Waals surface area contributed by atoms with Gasteiger partial charge in [-0.15, -0.1) is 0 Å². The fourth-order valence-electron chi connectivity index (χ4n) is 4.78. The van der Waals surface area contributed by atoms with Gasteiger partial charge in [0.25, 0.3) is 5.56 Å². The minimum atomic E-state index is -0.179. The van der Waals surface area contributed by atoms with E-state index in [4.69, 9.17) is 4.99 Å². The molecule has 1 aliphatic heterocycles. The van der Waals surface area contributed by atoms with Crippen molar-refractivity contribution in [1.29, 1.82) is 0 Å². The van der Waals surface area contributed by atoms with Gasteiger partial charge in [-0.05, 0) is 85.2 Å². The Morgan fingerprint density at radius 2 is 1.71 bits per heavy atom. The molecule has 168 valence electrons. The second-order valence-corrected chi connectivity index (χ2v) is 11.1. The number of nitrogens with zero attached hydrogens (tertiary/aromatic N) is 2. The van der Waals surface area contributed by atoms with Crippen molar-refractivity contribution < 1.29 is 5.11 Å². The maximum Gasteiger partial charge on any atom is 0.271 e. The Kier molecular flexibility index (Phi) is 5.43. The van der Waals surface area contributed by atoms with E-state index in [2.05, 4.69) is 68.3 Å². The van der Waals surface area contributed by atoms with Gasteiger partial charge in [0.1, 0.15) is 5.75 Å². The van der Waals surface area contributed by atoms with E-state index in [0.717, 1.165) is 35.2 Å². The predicted octanol–water partition coefficient (Wildman–Crippen LogP) is 5.55. The molecule has 4 aromatic rings. The molecule has 0 bridgehead atoms. The highest BCUT2D eigenvalue weighted by Crippen LogP contribution is 2.41. The highest BCUT2D eigenvalue weighted by Gasteiger charge is 2.32. The Morgan fingerprint density at radius 3 is 2.47 bits per heavy atom. The maximum absolute atomic E-state index is 13.7. The molecule has 0 amide bonds. The average molecular weight is 594 g/mol. The average Bonchev–Trinajstić information content (AvgIpc) is 3.16. The van der Waals surface area contributed by atoms with Crippen LogP contribution in [0.5, 0.6) is 5.75 Å². The maximum atomic E-state index is 13.7. The number of aryl methyl sites for hydroxylation is 1. The molecule has 0 spiro atoms. The number of fused-ring (bicyclic) bond motifs is 3. The third-order valence-electron chi connectivity index (χ3n) is 6.33. The van der Waals surface area contributed by atoms with Crippen molar-refractivity contribution in [3.8, 4) is 5.75 Å². The number of phenolic OH excluding ortho intramolecular Hbond substituents is 1. The van der Waals surface area contributed by atoms with Crippen molar-refractivity contribution in [3.63, 3.8) is 0 Å². The van der Waals surface area contributed by atoms with E-state index < -0.39 is 0 Å². The van der Waals surface area contributed by atoms with Gasteiger partial charge in [0.15, 0.2) is 4.80 Å². The Bertz CT molecular complexity index is 1650. The second-order valence-electron chi connectivity index (χ2n) is 8.36. The number of aromatic nitrogens is 1. The quantitative estimate of drug-likeness (QED) is 0.331. The fraction of sp³-hybridized carbons (Fsp3) is 0.111. The summed E-state index contributed by atoms with van der Waals surface area (Å²) < 4.78 is 3.59. The predicted molar refractivity (Wildman–Crippen MR) is 143 cm³/mol. The van der Waals surface area contributed by atoms with Gasteiger partial charge in [-0.25, -0.2) is 4.99 Å². The van der Waals surface area contributed by atoms with Crippen molar-refractivity contribution >= 4 is 55.0 Å². The number of hydrogen-bond donors (Lipinski definition) is 1. The summed E-state index contributed by atoms with van der Waals surface area (Å²) in [6.07, 6.45) is 3.67. The second kappa shape index (κ2) is 8.48. The Labute approximate surface area is 216 Å². The Balaban J connectivity index is 1.62.